The lowest BCUT2D eigenvalue weighted by molar-refractivity contribution is 0.399. The van der Waals surface area contributed by atoms with Gasteiger partial charge in [0.15, 0.2) is 0 Å². The van der Waals surface area contributed by atoms with Gasteiger partial charge in [0.05, 0.1) is 35.4 Å². The fourth-order valence-electron chi connectivity index (χ4n) is 7.54. The number of nitriles is 4. The standard InChI is InChI=1S/C24H22N6.C24H20N6.C2H6.CH4O/c2*1-16-14-18(4-3-12-25)7-10-22(16)30-13-11-21-17(2)27-24(29-23(21)30)28-20-8-5-19(15-26)6-9-20;2*1-2/h5-10,14H,3-4,11,13H2,1-2H3,(H,27,28,29);3-10,14H,11,13H2,1-2H3,(H,27,28,29);1-2H3;2H,1H3/b;4-3+;;. The van der Waals surface area contributed by atoms with Crippen LogP contribution in [0.1, 0.15) is 76.2 Å². The molecule has 0 radical (unpaired) electrons. The van der Waals surface area contributed by atoms with E-state index in [1.165, 1.54) is 22.8 Å². The second-order valence-corrected chi connectivity index (χ2v) is 14.6. The number of hydrogen-bond donors (Lipinski definition) is 3. The molecule has 13 nitrogen and oxygen atoms in total. The molecule has 2 aromatic heterocycles. The number of aromatic nitrogens is 4. The van der Waals surface area contributed by atoms with Gasteiger partial charge in [-0.05, 0) is 142 Å². The molecule has 0 saturated heterocycles. The number of aliphatic hydroxyl groups excluding tert-OH is 1. The van der Waals surface area contributed by atoms with Gasteiger partial charge in [-0.15, -0.1) is 0 Å². The van der Waals surface area contributed by atoms with Crippen LogP contribution in [0.3, 0.4) is 0 Å². The van der Waals surface area contributed by atoms with Crippen LogP contribution < -0.4 is 20.4 Å². The van der Waals surface area contributed by atoms with Gasteiger partial charge in [0, 0.05) is 78.0 Å². The van der Waals surface area contributed by atoms with Gasteiger partial charge in [-0.1, -0.05) is 32.0 Å². The van der Waals surface area contributed by atoms with Crippen LogP contribution in [0.25, 0.3) is 6.08 Å². The molecule has 4 aromatic carbocycles. The molecule has 64 heavy (non-hydrogen) atoms. The number of aryl methyl sites for hydroxylation is 5. The highest BCUT2D eigenvalue weighted by atomic mass is 16.2. The molecule has 13 heteroatoms. The van der Waals surface area contributed by atoms with Crippen LogP contribution in [0, 0.1) is 73.0 Å². The molecule has 322 valence electrons. The molecule has 0 unspecified atom stereocenters. The molecule has 0 bridgehead atoms. The number of rotatable bonds is 9. The van der Waals surface area contributed by atoms with E-state index in [1.807, 2.05) is 64.1 Å². The van der Waals surface area contributed by atoms with Gasteiger partial charge in [-0.2, -0.15) is 31.0 Å². The summed E-state index contributed by atoms with van der Waals surface area (Å²) < 4.78 is 0. The minimum atomic E-state index is 0.530. The molecule has 0 spiro atoms. The normalized spacial score (nSPS) is 11.8. The van der Waals surface area contributed by atoms with E-state index < -0.39 is 0 Å². The van der Waals surface area contributed by atoms with Crippen molar-refractivity contribution in [3.05, 3.63) is 147 Å². The molecule has 6 aromatic rings. The Morgan fingerprint density at radius 1 is 0.625 bits per heavy atom. The summed E-state index contributed by atoms with van der Waals surface area (Å²) in [5.41, 5.74) is 13.9. The zero-order valence-electron chi connectivity index (χ0n) is 37.4. The maximum absolute atomic E-state index is 8.96. The van der Waals surface area contributed by atoms with Crippen molar-refractivity contribution in [2.45, 2.75) is 67.2 Å². The van der Waals surface area contributed by atoms with E-state index in [2.05, 4.69) is 92.8 Å². The number of aliphatic hydroxyl groups is 1. The largest absolute Gasteiger partial charge is 0.400 e. The van der Waals surface area contributed by atoms with Crippen molar-refractivity contribution in [1.82, 2.24) is 19.9 Å². The quantitative estimate of drug-likeness (QED) is 0.116. The number of fused-ring (bicyclic) bond motifs is 2. The van der Waals surface area contributed by atoms with Crippen molar-refractivity contribution in [2.24, 2.45) is 0 Å². The number of hydrogen-bond acceptors (Lipinski definition) is 13. The predicted octanol–water partition coefficient (Wildman–Crippen LogP) is 10.4. The summed E-state index contributed by atoms with van der Waals surface area (Å²) in [7, 11) is 1.00. The Labute approximate surface area is 376 Å². The van der Waals surface area contributed by atoms with Gasteiger partial charge in [-0.25, -0.2) is 9.97 Å². The molecule has 2 aliphatic heterocycles. The molecule has 4 heterocycles. The number of benzene rings is 4. The fraction of sp³-hybridized carbons (Fsp3) is 0.255. The van der Waals surface area contributed by atoms with E-state index >= 15 is 0 Å². The van der Waals surface area contributed by atoms with E-state index in [4.69, 9.17) is 36.1 Å². The number of nitrogens with zero attached hydrogens (tertiary/aromatic N) is 10. The lowest BCUT2D eigenvalue weighted by atomic mass is 10.1. The van der Waals surface area contributed by atoms with Gasteiger partial charge < -0.3 is 25.5 Å². The van der Waals surface area contributed by atoms with E-state index in [0.29, 0.717) is 29.4 Å². The summed E-state index contributed by atoms with van der Waals surface area (Å²) in [6.07, 6.45) is 6.40. The molecule has 8 rings (SSSR count). The zero-order valence-corrected chi connectivity index (χ0v) is 37.4. The highest BCUT2D eigenvalue weighted by molar-refractivity contribution is 5.74. The van der Waals surface area contributed by atoms with Gasteiger partial charge in [0.25, 0.3) is 0 Å². The first-order chi connectivity index (χ1) is 31.2. The molecule has 3 N–H and O–H groups in total. The Bertz CT molecular complexity index is 2770. The molecule has 0 amide bonds. The van der Waals surface area contributed by atoms with E-state index in [9.17, 15) is 0 Å². The van der Waals surface area contributed by atoms with Gasteiger partial charge in [0.2, 0.25) is 11.9 Å². The summed E-state index contributed by atoms with van der Waals surface area (Å²) in [6, 6.07) is 35.5. The van der Waals surface area contributed by atoms with Crippen LogP contribution in [-0.4, -0.2) is 45.2 Å². The molecule has 0 aliphatic carbocycles. The first kappa shape index (κ1) is 47.0. The molecular weight excluding hydrogens is 797 g/mol. The average Bonchev–Trinajstić information content (AvgIpc) is 3.95. The minimum Gasteiger partial charge on any atom is -0.400 e. The second-order valence-electron chi connectivity index (χ2n) is 14.6. The van der Waals surface area contributed by atoms with Crippen molar-refractivity contribution in [3.63, 3.8) is 0 Å². The summed E-state index contributed by atoms with van der Waals surface area (Å²) in [4.78, 5) is 23.4. The lowest BCUT2D eigenvalue weighted by Gasteiger charge is -2.22. The Morgan fingerprint density at radius 3 is 1.52 bits per heavy atom. The van der Waals surface area contributed by atoms with Crippen molar-refractivity contribution in [3.8, 4) is 24.3 Å². The summed E-state index contributed by atoms with van der Waals surface area (Å²) in [6.45, 7) is 13.9. The van der Waals surface area contributed by atoms with Crippen LogP contribution in [0.5, 0.6) is 0 Å². The van der Waals surface area contributed by atoms with E-state index in [1.54, 1.807) is 30.3 Å². The third-order valence-corrected chi connectivity index (χ3v) is 10.5. The van der Waals surface area contributed by atoms with E-state index in [0.717, 1.165) is 102 Å². The van der Waals surface area contributed by atoms with Crippen molar-refractivity contribution in [2.75, 3.05) is 40.6 Å². The third-order valence-electron chi connectivity index (χ3n) is 10.5. The highest BCUT2D eigenvalue weighted by Crippen LogP contribution is 2.39. The summed E-state index contributed by atoms with van der Waals surface area (Å²) in [5, 5.41) is 49.0. The third kappa shape index (κ3) is 11.2. The number of allylic oxidation sites excluding steroid dienone is 1. The first-order valence-electron chi connectivity index (χ1n) is 21.1. The zero-order chi connectivity index (χ0) is 46.2. The van der Waals surface area contributed by atoms with Crippen LogP contribution >= 0.6 is 0 Å². The Hall–Kier alpha value is -8.10. The highest BCUT2D eigenvalue weighted by Gasteiger charge is 2.28. The van der Waals surface area contributed by atoms with Gasteiger partial charge in [0.1, 0.15) is 11.6 Å². The molecule has 2 aliphatic rings. The maximum Gasteiger partial charge on any atom is 0.229 e. The Morgan fingerprint density at radius 2 is 1.09 bits per heavy atom. The molecule has 0 saturated carbocycles. The second kappa shape index (κ2) is 22.7. The maximum atomic E-state index is 8.96. The molecule has 0 atom stereocenters. The van der Waals surface area contributed by atoms with Crippen molar-refractivity contribution in [1.29, 1.82) is 21.0 Å². The average molecular weight is 849 g/mol. The van der Waals surface area contributed by atoms with Crippen molar-refractivity contribution >= 4 is 52.4 Å². The molecule has 0 fully saturated rings. The number of anilines is 8. The van der Waals surface area contributed by atoms with Crippen LogP contribution in [-0.2, 0) is 19.3 Å². The van der Waals surface area contributed by atoms with Crippen LogP contribution in [0.15, 0.2) is 91.0 Å². The lowest BCUT2D eigenvalue weighted by Crippen LogP contribution is -2.16. The minimum absolute atomic E-state index is 0.530. The fourth-order valence-corrected chi connectivity index (χ4v) is 7.54. The Kier molecular flexibility index (Phi) is 16.6. The van der Waals surface area contributed by atoms with Crippen molar-refractivity contribution < 1.29 is 5.11 Å². The SMILES string of the molecule is CC.CO.Cc1cc(/C=C/C#N)ccc1N1CCc2c(C)nc(Nc3ccc(C#N)cc3)nc21.Cc1cc(CCC#N)ccc1N1CCc2c(C)nc(Nc3ccc(C#N)cc3)nc21. The Balaban J connectivity index is 0.000000224. The van der Waals surface area contributed by atoms with Crippen LogP contribution in [0.2, 0.25) is 0 Å². The molecular formula is C51H52N12O. The van der Waals surface area contributed by atoms with E-state index in [-0.39, 0.29) is 0 Å². The van der Waals surface area contributed by atoms with Gasteiger partial charge in [-0.3, -0.25) is 0 Å². The summed E-state index contributed by atoms with van der Waals surface area (Å²) in [5.74, 6) is 2.94. The predicted molar refractivity (Wildman–Crippen MR) is 254 cm³/mol. The van der Waals surface area contributed by atoms with Crippen LogP contribution in [0.4, 0.5) is 46.3 Å². The first-order valence-corrected chi connectivity index (χ1v) is 21.1. The van der Waals surface area contributed by atoms with Gasteiger partial charge >= 0.3 is 0 Å². The number of nitrogens with one attached hydrogen (secondary N) is 2. The smallest absolute Gasteiger partial charge is 0.229 e. The monoisotopic (exact) mass is 848 g/mol. The summed E-state index contributed by atoms with van der Waals surface area (Å²) >= 11 is 0. The topological polar surface area (TPSA) is 197 Å².